The third-order valence-electron chi connectivity index (χ3n) is 6.89. The van der Waals surface area contributed by atoms with Gasteiger partial charge in [-0.15, -0.1) is 0 Å². The number of aromatic amines is 1. The Morgan fingerprint density at radius 1 is 1.03 bits per heavy atom. The molecule has 1 fully saturated rings. The van der Waals surface area contributed by atoms with E-state index >= 15 is 0 Å². The molecule has 0 spiro atoms. The number of nitrogens with zero attached hydrogens (tertiary/aromatic N) is 2. The van der Waals surface area contributed by atoms with Crippen LogP contribution in [0.3, 0.4) is 0 Å². The first-order valence-corrected chi connectivity index (χ1v) is 12.2. The lowest BCUT2D eigenvalue weighted by Gasteiger charge is -2.28. The summed E-state index contributed by atoms with van der Waals surface area (Å²) in [7, 11) is 0. The predicted molar refractivity (Wildman–Crippen MR) is 135 cm³/mol. The zero-order chi connectivity index (χ0) is 24.5. The molecule has 0 bridgehead atoms. The Morgan fingerprint density at radius 3 is 2.56 bits per heavy atom. The van der Waals surface area contributed by atoms with Gasteiger partial charge in [0.15, 0.2) is 0 Å². The van der Waals surface area contributed by atoms with Gasteiger partial charge in [-0.2, -0.15) is 5.10 Å². The fourth-order valence-corrected chi connectivity index (χ4v) is 5.11. The molecule has 2 atom stereocenters. The minimum Gasteiger partial charge on any atom is -0.507 e. The van der Waals surface area contributed by atoms with Crippen molar-refractivity contribution in [2.45, 2.75) is 31.6 Å². The van der Waals surface area contributed by atoms with E-state index < -0.39 is 0 Å². The minimum atomic E-state index is -0.353. The number of H-pyrrole nitrogens is 1. The number of ether oxygens (including phenoxy) is 2. The van der Waals surface area contributed by atoms with Gasteiger partial charge in [0, 0.05) is 24.3 Å². The lowest BCUT2D eigenvalue weighted by Crippen LogP contribution is -2.36. The quantitative estimate of drug-likeness (QED) is 0.384. The van der Waals surface area contributed by atoms with Crippen molar-refractivity contribution in [3.8, 4) is 22.8 Å². The normalized spacial score (nSPS) is 19.0. The van der Waals surface area contributed by atoms with Crippen molar-refractivity contribution < 1.29 is 19.4 Å². The first kappa shape index (κ1) is 22.4. The smallest absolute Gasteiger partial charge is 0.273 e. The Hall–Kier alpha value is -4.10. The monoisotopic (exact) mass is 481 g/mol. The van der Waals surface area contributed by atoms with Crippen LogP contribution in [0, 0.1) is 0 Å². The molecule has 1 saturated heterocycles. The Kier molecular flexibility index (Phi) is 5.91. The highest BCUT2D eigenvalue weighted by molar-refractivity contribution is 6.00. The number of aromatic nitrogens is 2. The van der Waals surface area contributed by atoms with Crippen molar-refractivity contribution >= 4 is 5.91 Å². The second-order valence-electron chi connectivity index (χ2n) is 9.22. The van der Waals surface area contributed by atoms with Crippen LogP contribution in [0.2, 0.25) is 0 Å². The average Bonchev–Trinajstić information content (AvgIpc) is 3.64. The molecule has 0 saturated carbocycles. The fourth-order valence-electron chi connectivity index (χ4n) is 5.11. The van der Waals surface area contributed by atoms with Crippen molar-refractivity contribution in [1.29, 1.82) is 0 Å². The largest absolute Gasteiger partial charge is 0.507 e. The lowest BCUT2D eigenvalue weighted by molar-refractivity contribution is 0.0495. The molecule has 2 aliphatic rings. The van der Waals surface area contributed by atoms with E-state index in [0.717, 1.165) is 41.9 Å². The number of hydrogen-bond acceptors (Lipinski definition) is 5. The highest BCUT2D eigenvalue weighted by atomic mass is 16.5. The Morgan fingerprint density at radius 2 is 1.81 bits per heavy atom. The zero-order valence-electron chi connectivity index (χ0n) is 19.8. The maximum absolute atomic E-state index is 13.5. The van der Waals surface area contributed by atoms with Crippen LogP contribution in [0.5, 0.6) is 11.5 Å². The van der Waals surface area contributed by atoms with Gasteiger partial charge in [0.2, 0.25) is 0 Å². The molecule has 2 aliphatic heterocycles. The van der Waals surface area contributed by atoms with Gasteiger partial charge in [0.1, 0.15) is 29.5 Å². The Balaban J connectivity index is 1.34. The van der Waals surface area contributed by atoms with Crippen LogP contribution < -0.4 is 4.74 Å². The van der Waals surface area contributed by atoms with Crippen LogP contribution in [-0.4, -0.2) is 45.4 Å². The molecular weight excluding hydrogens is 454 g/mol. The van der Waals surface area contributed by atoms with E-state index in [4.69, 9.17) is 9.47 Å². The number of amides is 1. The Bertz CT molecular complexity index is 1360. The van der Waals surface area contributed by atoms with Crippen LogP contribution >= 0.6 is 0 Å². The van der Waals surface area contributed by atoms with Gasteiger partial charge < -0.3 is 19.5 Å². The number of carbonyl (C=O) groups excluding carboxylic acids is 1. The molecule has 0 radical (unpaired) electrons. The van der Waals surface area contributed by atoms with Gasteiger partial charge >= 0.3 is 0 Å². The van der Waals surface area contributed by atoms with Crippen LogP contribution in [0.25, 0.3) is 11.3 Å². The summed E-state index contributed by atoms with van der Waals surface area (Å²) < 4.78 is 11.8. The molecule has 3 heterocycles. The molecule has 182 valence electrons. The number of benzene rings is 3. The van der Waals surface area contributed by atoms with Gasteiger partial charge in [-0.05, 0) is 48.2 Å². The Labute approximate surface area is 209 Å². The molecule has 0 unspecified atom stereocenters. The number of nitrogens with one attached hydrogen (secondary N) is 1. The van der Waals surface area contributed by atoms with E-state index in [1.54, 1.807) is 12.1 Å². The molecule has 36 heavy (non-hydrogen) atoms. The zero-order valence-corrected chi connectivity index (χ0v) is 19.8. The molecular formula is C29H27N3O4. The number of phenols is 1. The first-order valence-electron chi connectivity index (χ1n) is 12.2. The summed E-state index contributed by atoms with van der Waals surface area (Å²) in [5.41, 5.74) is 4.46. The van der Waals surface area contributed by atoms with Crippen LogP contribution in [0.4, 0.5) is 0 Å². The molecule has 7 heteroatoms. The molecule has 0 aliphatic carbocycles. The number of para-hydroxylation sites is 1. The van der Waals surface area contributed by atoms with Gasteiger partial charge in [-0.3, -0.25) is 9.89 Å². The van der Waals surface area contributed by atoms with Crippen molar-refractivity contribution in [3.63, 3.8) is 0 Å². The van der Waals surface area contributed by atoms with Gasteiger partial charge in [0.25, 0.3) is 5.91 Å². The van der Waals surface area contributed by atoms with Crippen LogP contribution in [0.1, 0.15) is 46.1 Å². The molecule has 4 aromatic rings. The molecule has 1 aromatic heterocycles. The summed E-state index contributed by atoms with van der Waals surface area (Å²) in [5, 5.41) is 17.9. The maximum Gasteiger partial charge on any atom is 0.273 e. The van der Waals surface area contributed by atoms with E-state index in [2.05, 4.69) is 10.2 Å². The van der Waals surface area contributed by atoms with E-state index in [0.29, 0.717) is 30.1 Å². The first-order chi connectivity index (χ1) is 17.7. The van der Waals surface area contributed by atoms with E-state index in [-0.39, 0.29) is 23.8 Å². The molecule has 7 nitrogen and oxygen atoms in total. The molecule has 1 amide bonds. The number of rotatable bonds is 7. The lowest BCUT2D eigenvalue weighted by atomic mass is 9.95. The average molecular weight is 482 g/mol. The van der Waals surface area contributed by atoms with Gasteiger partial charge in [-0.25, -0.2) is 0 Å². The van der Waals surface area contributed by atoms with E-state index in [1.165, 1.54) is 0 Å². The number of carbonyl (C=O) groups is 1. The van der Waals surface area contributed by atoms with Crippen molar-refractivity contribution in [3.05, 3.63) is 101 Å². The van der Waals surface area contributed by atoms with E-state index in [9.17, 15) is 9.90 Å². The summed E-state index contributed by atoms with van der Waals surface area (Å²) in [6, 6.07) is 24.6. The topological polar surface area (TPSA) is 87.7 Å². The van der Waals surface area contributed by atoms with Crippen molar-refractivity contribution in [1.82, 2.24) is 15.1 Å². The highest BCUT2D eigenvalue weighted by Gasteiger charge is 2.43. The second kappa shape index (κ2) is 9.51. The third kappa shape index (κ3) is 4.12. The summed E-state index contributed by atoms with van der Waals surface area (Å²) in [6.07, 6.45) is 1.94. The van der Waals surface area contributed by atoms with E-state index in [1.807, 2.05) is 71.6 Å². The fraction of sp³-hybridized carbons (Fsp3) is 0.241. The van der Waals surface area contributed by atoms with Crippen LogP contribution in [-0.2, 0) is 11.3 Å². The third-order valence-corrected chi connectivity index (χ3v) is 6.89. The maximum atomic E-state index is 13.5. The SMILES string of the molecule is O=C1c2[nH]nc(-c3ccccc3O)c2[C@H](c2ccc(OCc3ccccc3)cc2)N1C[C@@H]1CCCO1. The van der Waals surface area contributed by atoms with Crippen molar-refractivity contribution in [2.24, 2.45) is 0 Å². The standard InChI is InChI=1S/C29H27N3O4/c33-24-11-5-4-10-23(24)26-25-27(31-30-26)29(34)32(17-22-9-6-16-35-22)28(25)20-12-14-21(15-13-20)36-18-19-7-2-1-3-8-19/h1-5,7-8,10-15,22,28,33H,6,9,16-18H2,(H,30,31)/t22-,28-/m0/s1. The summed E-state index contributed by atoms with van der Waals surface area (Å²) in [4.78, 5) is 15.4. The predicted octanol–water partition coefficient (Wildman–Crippen LogP) is 5.09. The number of fused-ring (bicyclic) bond motifs is 1. The number of phenolic OH excluding ortho intramolecular Hbond substituents is 1. The summed E-state index contributed by atoms with van der Waals surface area (Å²) in [6.45, 7) is 1.70. The van der Waals surface area contributed by atoms with Gasteiger partial charge in [0.05, 0.1) is 12.1 Å². The second-order valence-corrected chi connectivity index (χ2v) is 9.22. The minimum absolute atomic E-state index is 0.00970. The van der Waals surface area contributed by atoms with Crippen molar-refractivity contribution in [2.75, 3.05) is 13.2 Å². The summed E-state index contributed by atoms with van der Waals surface area (Å²) >= 11 is 0. The molecule has 2 N–H and O–H groups in total. The highest BCUT2D eigenvalue weighted by Crippen LogP contribution is 2.45. The van der Waals surface area contributed by atoms with Gasteiger partial charge in [-0.1, -0.05) is 54.6 Å². The number of aromatic hydroxyl groups is 1. The summed E-state index contributed by atoms with van der Waals surface area (Å²) in [5.74, 6) is 0.773. The molecule has 3 aromatic carbocycles. The number of hydrogen-bond donors (Lipinski definition) is 2. The van der Waals surface area contributed by atoms with Crippen LogP contribution in [0.15, 0.2) is 78.9 Å². The molecule has 6 rings (SSSR count).